The molecule has 2 aromatic carbocycles. The van der Waals surface area contributed by atoms with Gasteiger partial charge in [-0.1, -0.05) is 35.3 Å². The summed E-state index contributed by atoms with van der Waals surface area (Å²) < 4.78 is 11.1. The van der Waals surface area contributed by atoms with Crippen molar-refractivity contribution < 1.29 is 9.47 Å². The molecular formula is C15H14Cl2N2O2. The predicted octanol–water partition coefficient (Wildman–Crippen LogP) is 3.87. The molecule has 0 unspecified atom stereocenters. The van der Waals surface area contributed by atoms with Gasteiger partial charge in [0.2, 0.25) is 0 Å². The van der Waals surface area contributed by atoms with Gasteiger partial charge in [0.1, 0.15) is 6.61 Å². The number of methoxy groups -OCH3 is 1. The first-order chi connectivity index (χ1) is 10.2. The van der Waals surface area contributed by atoms with Crippen LogP contribution in [-0.2, 0) is 6.61 Å². The van der Waals surface area contributed by atoms with Gasteiger partial charge in [0.15, 0.2) is 11.5 Å². The molecule has 0 saturated carbocycles. The van der Waals surface area contributed by atoms with E-state index in [2.05, 4.69) is 5.10 Å². The number of nitrogens with two attached hydrogens (primary N) is 1. The Bertz CT molecular complexity index is 640. The molecule has 0 saturated heterocycles. The molecule has 2 aromatic rings. The average Bonchev–Trinajstić information content (AvgIpc) is 2.48. The summed E-state index contributed by atoms with van der Waals surface area (Å²) >= 11 is 12.3. The van der Waals surface area contributed by atoms with Gasteiger partial charge in [0.05, 0.1) is 13.3 Å². The fourth-order valence-electron chi connectivity index (χ4n) is 1.84. The van der Waals surface area contributed by atoms with Crippen LogP contribution in [0.15, 0.2) is 41.5 Å². The van der Waals surface area contributed by atoms with Crippen molar-refractivity contribution in [3.63, 3.8) is 0 Å². The molecular weight excluding hydrogens is 311 g/mol. The molecule has 0 fully saturated rings. The Hall–Kier alpha value is -1.91. The van der Waals surface area contributed by atoms with Crippen LogP contribution in [0.3, 0.4) is 0 Å². The van der Waals surface area contributed by atoms with Gasteiger partial charge in [-0.15, -0.1) is 0 Å². The van der Waals surface area contributed by atoms with Gasteiger partial charge in [-0.3, -0.25) is 0 Å². The van der Waals surface area contributed by atoms with E-state index in [-0.39, 0.29) is 6.61 Å². The van der Waals surface area contributed by atoms with Gasteiger partial charge in [-0.05, 0) is 24.3 Å². The predicted molar refractivity (Wildman–Crippen MR) is 85.6 cm³/mol. The summed E-state index contributed by atoms with van der Waals surface area (Å²) in [6, 6.07) is 10.7. The summed E-state index contributed by atoms with van der Waals surface area (Å²) in [6.07, 6.45) is 1.49. The number of benzene rings is 2. The normalized spacial score (nSPS) is 10.8. The van der Waals surface area contributed by atoms with Gasteiger partial charge in [-0.25, -0.2) is 0 Å². The van der Waals surface area contributed by atoms with E-state index in [0.29, 0.717) is 32.7 Å². The summed E-state index contributed by atoms with van der Waals surface area (Å²) in [5, 5.41) is 4.61. The monoisotopic (exact) mass is 324 g/mol. The second kappa shape index (κ2) is 7.20. The molecule has 0 atom stereocenters. The molecule has 0 aromatic heterocycles. The number of halogens is 2. The van der Waals surface area contributed by atoms with Crippen LogP contribution in [0.25, 0.3) is 0 Å². The Kier molecular flexibility index (Phi) is 5.31. The quantitative estimate of drug-likeness (QED) is 0.516. The van der Waals surface area contributed by atoms with E-state index < -0.39 is 0 Å². The molecule has 2 N–H and O–H groups in total. The van der Waals surface area contributed by atoms with Gasteiger partial charge in [0.25, 0.3) is 0 Å². The molecule has 21 heavy (non-hydrogen) atoms. The lowest BCUT2D eigenvalue weighted by molar-refractivity contribution is 0.284. The zero-order valence-corrected chi connectivity index (χ0v) is 12.9. The van der Waals surface area contributed by atoms with Crippen molar-refractivity contribution in [3.05, 3.63) is 57.6 Å². The maximum absolute atomic E-state index is 6.13. The molecule has 0 aliphatic carbocycles. The lowest BCUT2D eigenvalue weighted by atomic mass is 10.2. The zero-order valence-electron chi connectivity index (χ0n) is 11.3. The van der Waals surface area contributed by atoms with Crippen LogP contribution >= 0.6 is 23.2 Å². The topological polar surface area (TPSA) is 56.8 Å². The third-order valence-electron chi connectivity index (χ3n) is 2.87. The van der Waals surface area contributed by atoms with Crippen LogP contribution < -0.4 is 15.3 Å². The van der Waals surface area contributed by atoms with E-state index in [0.717, 1.165) is 0 Å². The van der Waals surface area contributed by atoms with Crippen LogP contribution in [-0.4, -0.2) is 13.3 Å². The Labute approximate surface area is 133 Å². The summed E-state index contributed by atoms with van der Waals surface area (Å²) in [6.45, 7) is 0.213. The fourth-order valence-corrected chi connectivity index (χ4v) is 2.35. The van der Waals surface area contributed by atoms with Crippen molar-refractivity contribution in [1.82, 2.24) is 0 Å². The zero-order chi connectivity index (χ0) is 15.2. The third kappa shape index (κ3) is 3.60. The van der Waals surface area contributed by atoms with E-state index in [1.807, 2.05) is 12.1 Å². The number of hydrogen-bond acceptors (Lipinski definition) is 4. The first kappa shape index (κ1) is 15.5. The molecule has 0 heterocycles. The molecule has 0 aliphatic heterocycles. The molecule has 6 heteroatoms. The first-order valence-corrected chi connectivity index (χ1v) is 6.89. The van der Waals surface area contributed by atoms with E-state index in [9.17, 15) is 0 Å². The van der Waals surface area contributed by atoms with E-state index >= 15 is 0 Å². The van der Waals surface area contributed by atoms with Crippen molar-refractivity contribution >= 4 is 29.4 Å². The Balaban J connectivity index is 2.31. The molecule has 0 aliphatic rings. The standard InChI is InChI=1S/C15H14Cl2N2O2/c1-20-14-7-2-4-10(8-19-18)15(14)21-9-11-12(16)5-3-6-13(11)17/h2-8H,9,18H2,1H3. The summed E-state index contributed by atoms with van der Waals surface area (Å²) in [7, 11) is 1.56. The Morgan fingerprint density at radius 1 is 1.14 bits per heavy atom. The van der Waals surface area contributed by atoms with Gasteiger partial charge >= 0.3 is 0 Å². The smallest absolute Gasteiger partial charge is 0.170 e. The van der Waals surface area contributed by atoms with E-state index in [1.165, 1.54) is 6.21 Å². The highest BCUT2D eigenvalue weighted by molar-refractivity contribution is 6.35. The largest absolute Gasteiger partial charge is 0.493 e. The number of hydrazone groups is 1. The van der Waals surface area contributed by atoms with Gasteiger partial charge < -0.3 is 15.3 Å². The maximum Gasteiger partial charge on any atom is 0.170 e. The molecule has 0 spiro atoms. The lowest BCUT2D eigenvalue weighted by Crippen LogP contribution is -2.02. The highest BCUT2D eigenvalue weighted by Crippen LogP contribution is 2.32. The summed E-state index contributed by atoms with van der Waals surface area (Å²) in [5.41, 5.74) is 1.42. The lowest BCUT2D eigenvalue weighted by Gasteiger charge is -2.14. The molecule has 0 amide bonds. The number of ether oxygens (including phenoxy) is 2. The van der Waals surface area contributed by atoms with Crippen LogP contribution in [0.5, 0.6) is 11.5 Å². The van der Waals surface area contributed by atoms with E-state index in [4.69, 9.17) is 38.5 Å². The Morgan fingerprint density at radius 2 is 1.81 bits per heavy atom. The van der Waals surface area contributed by atoms with Gasteiger partial charge in [0, 0.05) is 21.2 Å². The third-order valence-corrected chi connectivity index (χ3v) is 3.57. The second-order valence-electron chi connectivity index (χ2n) is 4.15. The minimum Gasteiger partial charge on any atom is -0.493 e. The SMILES string of the molecule is COc1cccc(C=NN)c1OCc1c(Cl)cccc1Cl. The summed E-state index contributed by atoms with van der Waals surface area (Å²) in [4.78, 5) is 0. The number of hydrogen-bond donors (Lipinski definition) is 1. The number of nitrogens with zero attached hydrogens (tertiary/aromatic N) is 1. The van der Waals surface area contributed by atoms with Crippen molar-refractivity contribution in [1.29, 1.82) is 0 Å². The highest BCUT2D eigenvalue weighted by Gasteiger charge is 2.12. The first-order valence-electron chi connectivity index (χ1n) is 6.13. The minimum atomic E-state index is 0.213. The Morgan fingerprint density at radius 3 is 2.43 bits per heavy atom. The minimum absolute atomic E-state index is 0.213. The fraction of sp³-hybridized carbons (Fsp3) is 0.133. The molecule has 0 bridgehead atoms. The molecule has 110 valence electrons. The highest BCUT2D eigenvalue weighted by atomic mass is 35.5. The van der Waals surface area contributed by atoms with Gasteiger partial charge in [-0.2, -0.15) is 5.10 Å². The van der Waals surface area contributed by atoms with Crippen LogP contribution in [0, 0.1) is 0 Å². The average molecular weight is 325 g/mol. The molecule has 0 radical (unpaired) electrons. The van der Waals surface area contributed by atoms with Crippen molar-refractivity contribution in [2.24, 2.45) is 10.9 Å². The maximum atomic E-state index is 6.13. The van der Waals surface area contributed by atoms with Crippen LogP contribution in [0.4, 0.5) is 0 Å². The summed E-state index contributed by atoms with van der Waals surface area (Å²) in [5.74, 6) is 6.32. The van der Waals surface area contributed by atoms with Crippen LogP contribution in [0.2, 0.25) is 10.0 Å². The van der Waals surface area contributed by atoms with Crippen molar-refractivity contribution in [3.8, 4) is 11.5 Å². The van der Waals surface area contributed by atoms with Crippen molar-refractivity contribution in [2.45, 2.75) is 6.61 Å². The van der Waals surface area contributed by atoms with E-state index in [1.54, 1.807) is 31.4 Å². The molecule has 4 nitrogen and oxygen atoms in total. The second-order valence-corrected chi connectivity index (χ2v) is 4.96. The number of rotatable bonds is 5. The van der Waals surface area contributed by atoms with Crippen molar-refractivity contribution in [2.75, 3.05) is 7.11 Å². The molecule has 2 rings (SSSR count). The number of para-hydroxylation sites is 1. The van der Waals surface area contributed by atoms with Crippen LogP contribution in [0.1, 0.15) is 11.1 Å².